The van der Waals surface area contributed by atoms with E-state index in [0.717, 1.165) is 30.2 Å². The highest BCUT2D eigenvalue weighted by Crippen LogP contribution is 2.48. The SMILES string of the molecule is COc1c(N2CCC(NC(=O)O)C2)c(F)cc2c(=O)c3c(O)c(C(C)=O)sc3n(C3CC3)c12. The number of hydrogen-bond acceptors (Lipinski definition) is 7. The van der Waals surface area contributed by atoms with Crippen LogP contribution in [0.25, 0.3) is 21.1 Å². The molecule has 3 N–H and O–H groups in total. The Morgan fingerprint density at radius 1 is 1.30 bits per heavy atom. The van der Waals surface area contributed by atoms with Gasteiger partial charge in [-0.1, -0.05) is 0 Å². The molecule has 1 saturated carbocycles. The van der Waals surface area contributed by atoms with Crippen LogP contribution in [0.5, 0.6) is 11.5 Å². The first-order valence-corrected chi connectivity index (χ1v) is 11.4. The van der Waals surface area contributed by atoms with Gasteiger partial charge in [-0.2, -0.15) is 0 Å². The molecule has 11 heteroatoms. The van der Waals surface area contributed by atoms with Crippen molar-refractivity contribution in [3.05, 3.63) is 27.0 Å². The molecule has 1 atom stereocenters. The maximum atomic E-state index is 15.5. The van der Waals surface area contributed by atoms with Gasteiger partial charge in [0.1, 0.15) is 20.8 Å². The fraction of sp³-hybridized carbons (Fsp3) is 0.409. The first-order valence-electron chi connectivity index (χ1n) is 10.6. The standard InChI is InChI=1S/C22H22FN3O6S/c1-9(27)20-18(29)14-17(28)12-7-13(23)16(25-6-5-10(8-25)24-22(30)31)19(32-2)15(12)26(11-3-4-11)21(14)33-20/h7,10-11,24,29H,3-6,8H2,1-2H3,(H,30,31). The molecule has 2 fully saturated rings. The number of thiophene rings is 1. The number of fused-ring (bicyclic) bond motifs is 2. The second-order valence-corrected chi connectivity index (χ2v) is 9.46. The third-order valence-electron chi connectivity index (χ3n) is 6.25. The first-order chi connectivity index (χ1) is 15.7. The zero-order valence-corrected chi connectivity index (χ0v) is 18.8. The highest BCUT2D eigenvalue weighted by molar-refractivity contribution is 7.21. The Bertz CT molecular complexity index is 1390. The van der Waals surface area contributed by atoms with E-state index in [1.807, 2.05) is 4.57 Å². The fourth-order valence-corrected chi connectivity index (χ4v) is 5.87. The number of ether oxygens (including phenoxy) is 1. The summed E-state index contributed by atoms with van der Waals surface area (Å²) in [7, 11) is 1.40. The number of carbonyl (C=O) groups excluding carboxylic acids is 1. The van der Waals surface area contributed by atoms with E-state index in [0.29, 0.717) is 23.3 Å². The minimum Gasteiger partial charge on any atom is -0.505 e. The maximum Gasteiger partial charge on any atom is 0.404 e. The number of ketones is 1. The van der Waals surface area contributed by atoms with Crippen molar-refractivity contribution in [1.82, 2.24) is 9.88 Å². The molecule has 174 valence electrons. The minimum atomic E-state index is -1.14. The normalized spacial score (nSPS) is 18.3. The van der Waals surface area contributed by atoms with Crippen LogP contribution >= 0.6 is 11.3 Å². The Morgan fingerprint density at radius 2 is 2.03 bits per heavy atom. The van der Waals surface area contributed by atoms with Crippen LogP contribution in [0, 0.1) is 5.82 Å². The smallest absolute Gasteiger partial charge is 0.404 e. The predicted molar refractivity (Wildman–Crippen MR) is 122 cm³/mol. The van der Waals surface area contributed by atoms with Crippen molar-refractivity contribution in [2.45, 2.75) is 38.3 Å². The van der Waals surface area contributed by atoms with Crippen LogP contribution in [-0.4, -0.2) is 52.9 Å². The van der Waals surface area contributed by atoms with Crippen LogP contribution < -0.4 is 20.4 Å². The molecule has 1 aromatic carbocycles. The minimum absolute atomic E-state index is 0.0192. The summed E-state index contributed by atoms with van der Waals surface area (Å²) >= 11 is 1.05. The second kappa shape index (κ2) is 7.62. The largest absolute Gasteiger partial charge is 0.505 e. The second-order valence-electron chi connectivity index (χ2n) is 8.46. The number of nitrogens with zero attached hydrogens (tertiary/aromatic N) is 2. The lowest BCUT2D eigenvalue weighted by Crippen LogP contribution is -2.36. The zero-order chi connectivity index (χ0) is 23.6. The van der Waals surface area contributed by atoms with Gasteiger partial charge in [-0.3, -0.25) is 9.59 Å². The summed E-state index contributed by atoms with van der Waals surface area (Å²) in [4.78, 5) is 38.7. The quantitative estimate of drug-likeness (QED) is 0.483. The van der Waals surface area contributed by atoms with E-state index < -0.39 is 17.3 Å². The average molecular weight is 475 g/mol. The van der Waals surface area contributed by atoms with Crippen molar-refractivity contribution in [2.75, 3.05) is 25.1 Å². The number of Topliss-reactive ketones (excluding diaryl/α,β-unsaturated/α-hetero) is 1. The molecule has 1 aliphatic carbocycles. The lowest BCUT2D eigenvalue weighted by Gasteiger charge is -2.24. The third kappa shape index (κ3) is 3.29. The molecule has 9 nitrogen and oxygen atoms in total. The van der Waals surface area contributed by atoms with Crippen molar-refractivity contribution in [2.24, 2.45) is 0 Å². The topological polar surface area (TPSA) is 121 Å². The maximum absolute atomic E-state index is 15.5. The monoisotopic (exact) mass is 475 g/mol. The number of anilines is 1. The Balaban J connectivity index is 1.81. The molecule has 5 rings (SSSR count). The zero-order valence-electron chi connectivity index (χ0n) is 18.0. The van der Waals surface area contributed by atoms with Crippen molar-refractivity contribution in [3.8, 4) is 11.5 Å². The van der Waals surface area contributed by atoms with Crippen LogP contribution in [0.15, 0.2) is 10.9 Å². The van der Waals surface area contributed by atoms with E-state index in [1.165, 1.54) is 14.0 Å². The lowest BCUT2D eigenvalue weighted by atomic mass is 10.1. The Hall–Kier alpha value is -3.34. The van der Waals surface area contributed by atoms with Gasteiger partial charge in [-0.05, 0) is 25.3 Å². The number of aromatic nitrogens is 1. The number of nitrogens with one attached hydrogen (secondary N) is 1. The van der Waals surface area contributed by atoms with Gasteiger partial charge in [-0.25, -0.2) is 9.18 Å². The molecule has 33 heavy (non-hydrogen) atoms. The van der Waals surface area contributed by atoms with Crippen LogP contribution in [0.4, 0.5) is 14.9 Å². The molecule has 1 aliphatic heterocycles. The van der Waals surface area contributed by atoms with Gasteiger partial charge in [0.15, 0.2) is 23.1 Å². The highest BCUT2D eigenvalue weighted by Gasteiger charge is 2.35. The molecular weight excluding hydrogens is 453 g/mol. The van der Waals surface area contributed by atoms with Crippen molar-refractivity contribution in [3.63, 3.8) is 0 Å². The van der Waals surface area contributed by atoms with Gasteiger partial charge in [0.2, 0.25) is 5.43 Å². The molecular formula is C22H22FN3O6S. The summed E-state index contributed by atoms with van der Waals surface area (Å²) in [6, 6.07) is 0.819. The molecule has 2 aromatic heterocycles. The Morgan fingerprint density at radius 3 is 2.64 bits per heavy atom. The summed E-state index contributed by atoms with van der Waals surface area (Å²) in [5.74, 6) is -1.21. The first kappa shape index (κ1) is 21.5. The van der Waals surface area contributed by atoms with Gasteiger partial charge in [-0.15, -0.1) is 11.3 Å². The summed E-state index contributed by atoms with van der Waals surface area (Å²) in [5, 5.41) is 22.2. The van der Waals surface area contributed by atoms with E-state index >= 15 is 4.39 Å². The van der Waals surface area contributed by atoms with Crippen LogP contribution in [0.3, 0.4) is 0 Å². The molecule has 0 bridgehead atoms. The van der Waals surface area contributed by atoms with E-state index in [-0.39, 0.29) is 57.2 Å². The molecule has 1 saturated heterocycles. The number of halogens is 1. The van der Waals surface area contributed by atoms with E-state index in [1.54, 1.807) is 4.90 Å². The van der Waals surface area contributed by atoms with Crippen molar-refractivity contribution < 1.29 is 28.9 Å². The summed E-state index contributed by atoms with van der Waals surface area (Å²) in [5.41, 5.74) is 0.0223. The lowest BCUT2D eigenvalue weighted by molar-refractivity contribution is 0.101. The number of benzene rings is 1. The third-order valence-corrected chi connectivity index (χ3v) is 7.53. The summed E-state index contributed by atoms with van der Waals surface area (Å²) in [6.45, 7) is 1.99. The number of hydrogen-bond donors (Lipinski definition) is 3. The number of aromatic hydroxyl groups is 1. The Labute approximate surface area is 191 Å². The van der Waals surface area contributed by atoms with Gasteiger partial charge in [0.05, 0.1) is 24.1 Å². The van der Waals surface area contributed by atoms with E-state index in [9.17, 15) is 19.5 Å². The van der Waals surface area contributed by atoms with Crippen molar-refractivity contribution >= 4 is 50.0 Å². The fourth-order valence-electron chi connectivity index (χ4n) is 4.70. The van der Waals surface area contributed by atoms with Crippen LogP contribution in [0.1, 0.15) is 41.9 Å². The molecule has 3 aromatic rings. The predicted octanol–water partition coefficient (Wildman–Crippen LogP) is 3.45. The average Bonchev–Trinajstić information content (AvgIpc) is 3.38. The molecule has 0 radical (unpaired) electrons. The van der Waals surface area contributed by atoms with E-state index in [4.69, 9.17) is 9.84 Å². The van der Waals surface area contributed by atoms with Gasteiger partial charge < -0.3 is 29.7 Å². The van der Waals surface area contributed by atoms with Crippen LogP contribution in [-0.2, 0) is 0 Å². The number of carbonyl (C=O) groups is 2. The molecule has 3 heterocycles. The molecule has 2 aliphatic rings. The number of carboxylic acid groups (broad SMARTS) is 1. The number of methoxy groups -OCH3 is 1. The molecule has 1 unspecified atom stereocenters. The van der Waals surface area contributed by atoms with Crippen LogP contribution in [0.2, 0.25) is 0 Å². The summed E-state index contributed by atoms with van der Waals surface area (Å²) < 4.78 is 23.0. The molecule has 0 spiro atoms. The molecule has 1 amide bonds. The number of amides is 1. The number of rotatable bonds is 5. The highest BCUT2D eigenvalue weighted by atomic mass is 32.1. The van der Waals surface area contributed by atoms with Gasteiger partial charge >= 0.3 is 6.09 Å². The van der Waals surface area contributed by atoms with Gasteiger partial charge in [0.25, 0.3) is 0 Å². The van der Waals surface area contributed by atoms with Gasteiger partial charge in [0, 0.05) is 26.1 Å². The number of pyridine rings is 1. The van der Waals surface area contributed by atoms with Crippen molar-refractivity contribution in [1.29, 1.82) is 0 Å². The van der Waals surface area contributed by atoms with E-state index in [2.05, 4.69) is 5.32 Å². The summed E-state index contributed by atoms with van der Waals surface area (Å²) in [6.07, 6.45) is 1.04. The Kier molecular flexibility index (Phi) is 4.96.